The van der Waals surface area contributed by atoms with Crippen molar-refractivity contribution in [2.24, 2.45) is 0 Å². The number of carbonyl (C=O) groups excluding carboxylic acids is 2. The molecule has 0 saturated carbocycles. The zero-order valence-electron chi connectivity index (χ0n) is 13.3. The molecule has 2 rings (SSSR count). The van der Waals surface area contributed by atoms with E-state index in [4.69, 9.17) is 11.6 Å². The molecular weight excluding hydrogens is 328 g/mol. The molecule has 0 aliphatic carbocycles. The molecule has 0 saturated heterocycles. The molecule has 0 aliphatic heterocycles. The predicted molar refractivity (Wildman–Crippen MR) is 93.2 cm³/mol. The zero-order valence-corrected chi connectivity index (χ0v) is 14.0. The highest BCUT2D eigenvalue weighted by molar-refractivity contribution is 6.30. The van der Waals surface area contributed by atoms with E-state index in [1.165, 1.54) is 0 Å². The molecule has 3 N–H and O–H groups in total. The molecule has 2 amide bonds. The Balaban J connectivity index is 2.13. The van der Waals surface area contributed by atoms with Gasteiger partial charge in [0.25, 0.3) is 5.91 Å². The van der Waals surface area contributed by atoms with E-state index in [0.29, 0.717) is 23.6 Å². The molecule has 0 spiro atoms. The highest BCUT2D eigenvalue weighted by Gasteiger charge is 2.21. The van der Waals surface area contributed by atoms with Crippen molar-refractivity contribution < 1.29 is 14.7 Å². The lowest BCUT2D eigenvalue weighted by Crippen LogP contribution is -2.48. The van der Waals surface area contributed by atoms with Gasteiger partial charge in [0.05, 0.1) is 0 Å². The van der Waals surface area contributed by atoms with Gasteiger partial charge in [-0.15, -0.1) is 0 Å². The van der Waals surface area contributed by atoms with Gasteiger partial charge in [-0.3, -0.25) is 9.59 Å². The van der Waals surface area contributed by atoms with Gasteiger partial charge in [-0.1, -0.05) is 23.7 Å². The molecule has 1 unspecified atom stereocenters. The minimum atomic E-state index is -0.710. The van der Waals surface area contributed by atoms with E-state index in [2.05, 4.69) is 10.6 Å². The fraction of sp³-hybridized carbons (Fsp3) is 0.222. The Morgan fingerprint density at radius 2 is 1.71 bits per heavy atom. The second-order valence-corrected chi connectivity index (χ2v) is 5.73. The molecule has 0 fully saturated rings. The average molecular weight is 347 g/mol. The first-order chi connectivity index (χ1) is 11.5. The molecule has 0 bridgehead atoms. The van der Waals surface area contributed by atoms with Crippen molar-refractivity contribution in [2.75, 3.05) is 6.54 Å². The molecule has 24 heavy (non-hydrogen) atoms. The van der Waals surface area contributed by atoms with Crippen molar-refractivity contribution in [3.63, 3.8) is 0 Å². The Hall–Kier alpha value is -2.53. The van der Waals surface area contributed by atoms with Crippen LogP contribution < -0.4 is 10.6 Å². The van der Waals surface area contributed by atoms with Gasteiger partial charge < -0.3 is 15.7 Å². The third-order valence-electron chi connectivity index (χ3n) is 3.46. The fourth-order valence-electron chi connectivity index (χ4n) is 2.22. The van der Waals surface area contributed by atoms with Gasteiger partial charge >= 0.3 is 0 Å². The molecule has 126 valence electrons. The van der Waals surface area contributed by atoms with Crippen LogP contribution in [0, 0.1) is 0 Å². The summed E-state index contributed by atoms with van der Waals surface area (Å²) in [5, 5.41) is 15.3. The van der Waals surface area contributed by atoms with Gasteiger partial charge in [-0.25, -0.2) is 0 Å². The van der Waals surface area contributed by atoms with Crippen molar-refractivity contribution in [3.8, 4) is 5.75 Å². The minimum Gasteiger partial charge on any atom is -0.508 e. The molecule has 0 radical (unpaired) electrons. The van der Waals surface area contributed by atoms with Crippen LogP contribution in [0.25, 0.3) is 0 Å². The van der Waals surface area contributed by atoms with E-state index in [0.717, 1.165) is 5.56 Å². The van der Waals surface area contributed by atoms with Gasteiger partial charge in [0, 0.05) is 23.6 Å². The predicted octanol–water partition coefficient (Wildman–Crippen LogP) is 2.52. The van der Waals surface area contributed by atoms with Crippen molar-refractivity contribution in [1.29, 1.82) is 0 Å². The van der Waals surface area contributed by atoms with Crippen molar-refractivity contribution in [3.05, 3.63) is 64.7 Å². The quantitative estimate of drug-likeness (QED) is 0.752. The third kappa shape index (κ3) is 4.99. The number of hydrogen-bond acceptors (Lipinski definition) is 3. The number of amides is 2. The summed E-state index contributed by atoms with van der Waals surface area (Å²) in [6.07, 6.45) is 0.325. The number of likely N-dealkylation sites (N-methyl/N-ethyl adjacent to an activating group) is 1. The largest absolute Gasteiger partial charge is 0.508 e. The lowest BCUT2D eigenvalue weighted by Gasteiger charge is -2.18. The highest BCUT2D eigenvalue weighted by atomic mass is 35.5. The van der Waals surface area contributed by atoms with Crippen molar-refractivity contribution in [1.82, 2.24) is 10.6 Å². The Bertz CT molecular complexity index is 699. The molecule has 2 aromatic rings. The average Bonchev–Trinajstić information content (AvgIpc) is 2.57. The van der Waals surface area contributed by atoms with Crippen LogP contribution in [0.15, 0.2) is 48.5 Å². The Labute approximate surface area is 145 Å². The standard InChI is InChI=1S/C18H19ClN2O3/c1-2-20-18(24)16(11-12-3-9-15(22)10-4-12)21-17(23)13-5-7-14(19)8-6-13/h3-10,16,22H,2,11H2,1H3,(H,20,24)(H,21,23). The Morgan fingerprint density at radius 3 is 2.29 bits per heavy atom. The number of hydrogen-bond donors (Lipinski definition) is 3. The van der Waals surface area contributed by atoms with Gasteiger partial charge in [0.1, 0.15) is 11.8 Å². The molecule has 0 aromatic heterocycles. The molecule has 1 atom stereocenters. The molecule has 6 heteroatoms. The van der Waals surface area contributed by atoms with Crippen LogP contribution in [0.2, 0.25) is 5.02 Å². The molecule has 0 heterocycles. The van der Waals surface area contributed by atoms with Crippen LogP contribution in [0.4, 0.5) is 0 Å². The van der Waals surface area contributed by atoms with Gasteiger partial charge in [0.2, 0.25) is 5.91 Å². The van der Waals surface area contributed by atoms with E-state index in [-0.39, 0.29) is 17.6 Å². The number of phenols is 1. The molecular formula is C18H19ClN2O3. The van der Waals surface area contributed by atoms with Crippen LogP contribution in [0.1, 0.15) is 22.8 Å². The maximum absolute atomic E-state index is 12.3. The number of phenolic OH excluding ortho intramolecular Hbond substituents is 1. The summed E-state index contributed by atoms with van der Waals surface area (Å²) in [5.74, 6) is -0.451. The number of halogens is 1. The third-order valence-corrected chi connectivity index (χ3v) is 3.71. The normalized spacial score (nSPS) is 11.6. The lowest BCUT2D eigenvalue weighted by molar-refractivity contribution is -0.122. The van der Waals surface area contributed by atoms with Crippen LogP contribution in [-0.4, -0.2) is 29.5 Å². The van der Waals surface area contributed by atoms with Crippen LogP contribution >= 0.6 is 11.6 Å². The van der Waals surface area contributed by atoms with E-state index in [9.17, 15) is 14.7 Å². The summed E-state index contributed by atoms with van der Waals surface area (Å²) in [4.78, 5) is 24.6. The maximum Gasteiger partial charge on any atom is 0.251 e. The maximum atomic E-state index is 12.3. The Morgan fingerprint density at radius 1 is 1.08 bits per heavy atom. The van der Waals surface area contributed by atoms with Crippen molar-refractivity contribution >= 4 is 23.4 Å². The van der Waals surface area contributed by atoms with E-state index in [1.54, 1.807) is 48.5 Å². The highest BCUT2D eigenvalue weighted by Crippen LogP contribution is 2.13. The second-order valence-electron chi connectivity index (χ2n) is 5.30. The summed E-state index contributed by atoms with van der Waals surface area (Å²) < 4.78 is 0. The first-order valence-electron chi connectivity index (χ1n) is 7.61. The van der Waals surface area contributed by atoms with Gasteiger partial charge in [-0.2, -0.15) is 0 Å². The lowest BCUT2D eigenvalue weighted by atomic mass is 10.0. The summed E-state index contributed by atoms with van der Waals surface area (Å²) in [6.45, 7) is 2.29. The monoisotopic (exact) mass is 346 g/mol. The van der Waals surface area contributed by atoms with Gasteiger partial charge in [-0.05, 0) is 48.9 Å². The zero-order chi connectivity index (χ0) is 17.5. The fourth-order valence-corrected chi connectivity index (χ4v) is 2.34. The van der Waals surface area contributed by atoms with Crippen LogP contribution in [0.5, 0.6) is 5.75 Å². The second kappa shape index (κ2) is 8.36. The number of carbonyl (C=O) groups is 2. The summed E-state index contributed by atoms with van der Waals surface area (Å²) >= 11 is 5.82. The first kappa shape index (κ1) is 17.8. The van der Waals surface area contributed by atoms with E-state index < -0.39 is 6.04 Å². The minimum absolute atomic E-state index is 0.151. The Kier molecular flexibility index (Phi) is 6.21. The SMILES string of the molecule is CCNC(=O)C(Cc1ccc(O)cc1)NC(=O)c1ccc(Cl)cc1. The van der Waals surface area contributed by atoms with E-state index in [1.807, 2.05) is 6.92 Å². The van der Waals surface area contributed by atoms with Crippen LogP contribution in [0.3, 0.4) is 0 Å². The smallest absolute Gasteiger partial charge is 0.251 e. The summed E-state index contributed by atoms with van der Waals surface area (Å²) in [7, 11) is 0. The van der Waals surface area contributed by atoms with Crippen LogP contribution in [-0.2, 0) is 11.2 Å². The molecule has 0 aliphatic rings. The van der Waals surface area contributed by atoms with Gasteiger partial charge in [0.15, 0.2) is 0 Å². The number of aromatic hydroxyl groups is 1. The molecule has 2 aromatic carbocycles. The summed E-state index contributed by atoms with van der Waals surface area (Å²) in [6, 6.07) is 12.3. The topological polar surface area (TPSA) is 78.4 Å². The number of nitrogens with one attached hydrogen (secondary N) is 2. The van der Waals surface area contributed by atoms with E-state index >= 15 is 0 Å². The number of rotatable bonds is 6. The first-order valence-corrected chi connectivity index (χ1v) is 7.99. The number of benzene rings is 2. The van der Waals surface area contributed by atoms with Crippen molar-refractivity contribution in [2.45, 2.75) is 19.4 Å². The summed E-state index contributed by atoms with van der Waals surface area (Å²) in [5.41, 5.74) is 1.26. The molecule has 5 nitrogen and oxygen atoms in total.